The SMILES string of the molecule is CC(Cc1ccc(-n2ccc(NC(=O)N3CCN(C(=O)C(C)(C)N)CC3)nc2=O)cc1F)NC1CCC(N)CC1. The minimum atomic E-state index is -0.971. The first-order chi connectivity index (χ1) is 18.9. The van der Waals surface area contributed by atoms with Gasteiger partial charge in [-0.05, 0) is 76.6 Å². The normalized spacial score (nSPS) is 20.8. The van der Waals surface area contributed by atoms with E-state index in [1.165, 1.54) is 22.9 Å². The monoisotopic (exact) mass is 556 g/mol. The van der Waals surface area contributed by atoms with Gasteiger partial charge in [-0.2, -0.15) is 4.98 Å². The Kier molecular flexibility index (Phi) is 9.22. The van der Waals surface area contributed by atoms with Gasteiger partial charge in [0, 0.05) is 50.5 Å². The number of hydrogen-bond donors (Lipinski definition) is 4. The summed E-state index contributed by atoms with van der Waals surface area (Å²) in [5, 5.41) is 6.21. The van der Waals surface area contributed by atoms with Crippen LogP contribution in [0.1, 0.15) is 52.0 Å². The number of rotatable bonds is 7. The Morgan fingerprint density at radius 1 is 1.10 bits per heavy atom. The summed E-state index contributed by atoms with van der Waals surface area (Å²) in [6.07, 6.45) is 6.06. The van der Waals surface area contributed by atoms with Crippen molar-refractivity contribution in [1.29, 1.82) is 0 Å². The number of anilines is 1. The van der Waals surface area contributed by atoms with Crippen LogP contribution in [0.4, 0.5) is 15.0 Å². The fraction of sp³-hybridized carbons (Fsp3) is 0.571. The summed E-state index contributed by atoms with van der Waals surface area (Å²) in [4.78, 5) is 44.9. The lowest BCUT2D eigenvalue weighted by Gasteiger charge is -2.37. The van der Waals surface area contributed by atoms with Gasteiger partial charge in [0.1, 0.15) is 11.6 Å². The van der Waals surface area contributed by atoms with E-state index in [0.717, 1.165) is 25.7 Å². The predicted molar refractivity (Wildman–Crippen MR) is 152 cm³/mol. The van der Waals surface area contributed by atoms with E-state index in [-0.39, 0.29) is 23.8 Å². The number of halogens is 1. The Morgan fingerprint density at radius 2 is 1.75 bits per heavy atom. The molecule has 1 aromatic carbocycles. The Balaban J connectivity index is 1.33. The highest BCUT2D eigenvalue weighted by atomic mass is 19.1. The fourth-order valence-electron chi connectivity index (χ4n) is 5.31. The van der Waals surface area contributed by atoms with E-state index < -0.39 is 23.1 Å². The zero-order valence-corrected chi connectivity index (χ0v) is 23.5. The van der Waals surface area contributed by atoms with Crippen molar-refractivity contribution in [2.45, 2.75) is 76.5 Å². The highest BCUT2D eigenvalue weighted by Crippen LogP contribution is 2.20. The van der Waals surface area contributed by atoms with Gasteiger partial charge in [0.15, 0.2) is 0 Å². The number of nitrogens with one attached hydrogen (secondary N) is 2. The summed E-state index contributed by atoms with van der Waals surface area (Å²) < 4.78 is 16.2. The van der Waals surface area contributed by atoms with E-state index >= 15 is 0 Å². The average Bonchev–Trinajstić information content (AvgIpc) is 2.90. The molecule has 1 unspecified atom stereocenters. The van der Waals surface area contributed by atoms with E-state index in [2.05, 4.69) is 15.6 Å². The molecule has 1 saturated heterocycles. The summed E-state index contributed by atoms with van der Waals surface area (Å²) >= 11 is 0. The third-order valence-corrected chi connectivity index (χ3v) is 7.58. The fourth-order valence-corrected chi connectivity index (χ4v) is 5.31. The van der Waals surface area contributed by atoms with E-state index in [1.54, 1.807) is 35.8 Å². The van der Waals surface area contributed by atoms with Crippen LogP contribution in [-0.4, -0.2) is 81.1 Å². The van der Waals surface area contributed by atoms with Crippen LogP contribution in [0.15, 0.2) is 35.3 Å². The number of benzene rings is 1. The van der Waals surface area contributed by atoms with Crippen LogP contribution in [-0.2, 0) is 11.2 Å². The molecule has 218 valence electrons. The van der Waals surface area contributed by atoms with Crippen molar-refractivity contribution in [2.75, 3.05) is 31.5 Å². The molecule has 0 bridgehead atoms. The van der Waals surface area contributed by atoms with Crippen LogP contribution in [0.2, 0.25) is 0 Å². The Morgan fingerprint density at radius 3 is 2.35 bits per heavy atom. The van der Waals surface area contributed by atoms with Gasteiger partial charge in [-0.3, -0.25) is 14.7 Å². The smallest absolute Gasteiger partial charge is 0.338 e. The molecule has 11 nitrogen and oxygen atoms in total. The molecule has 0 spiro atoms. The van der Waals surface area contributed by atoms with Gasteiger partial charge < -0.3 is 26.6 Å². The van der Waals surface area contributed by atoms with Gasteiger partial charge in [0.25, 0.3) is 0 Å². The molecule has 1 atom stereocenters. The van der Waals surface area contributed by atoms with Crippen LogP contribution >= 0.6 is 0 Å². The molecule has 1 aromatic heterocycles. The molecular formula is C28H41FN8O3. The molecule has 1 aliphatic carbocycles. The number of amides is 3. The second-order valence-corrected chi connectivity index (χ2v) is 11.6. The summed E-state index contributed by atoms with van der Waals surface area (Å²) in [6.45, 7) is 6.75. The first-order valence-corrected chi connectivity index (χ1v) is 13.9. The van der Waals surface area contributed by atoms with Gasteiger partial charge in [-0.1, -0.05) is 6.07 Å². The van der Waals surface area contributed by atoms with Crippen LogP contribution in [0, 0.1) is 5.82 Å². The van der Waals surface area contributed by atoms with Crippen molar-refractivity contribution in [3.05, 3.63) is 52.3 Å². The number of aromatic nitrogens is 2. The molecular weight excluding hydrogens is 515 g/mol. The zero-order valence-electron chi connectivity index (χ0n) is 23.5. The molecule has 1 aliphatic heterocycles. The van der Waals surface area contributed by atoms with E-state index in [1.807, 2.05) is 6.92 Å². The van der Waals surface area contributed by atoms with E-state index in [0.29, 0.717) is 49.9 Å². The number of carbonyl (C=O) groups is 2. The van der Waals surface area contributed by atoms with Crippen molar-refractivity contribution in [1.82, 2.24) is 24.7 Å². The van der Waals surface area contributed by atoms with E-state index in [9.17, 15) is 18.8 Å². The second-order valence-electron chi connectivity index (χ2n) is 11.6. The van der Waals surface area contributed by atoms with Crippen LogP contribution in [0.5, 0.6) is 0 Å². The molecule has 6 N–H and O–H groups in total. The minimum absolute atomic E-state index is 0.0912. The molecule has 2 heterocycles. The van der Waals surface area contributed by atoms with Gasteiger partial charge in [0.05, 0.1) is 11.2 Å². The molecule has 1 saturated carbocycles. The van der Waals surface area contributed by atoms with Crippen molar-refractivity contribution in [3.8, 4) is 5.69 Å². The van der Waals surface area contributed by atoms with Crippen LogP contribution < -0.4 is 27.8 Å². The van der Waals surface area contributed by atoms with Crippen LogP contribution in [0.25, 0.3) is 5.69 Å². The maximum absolute atomic E-state index is 15.0. The van der Waals surface area contributed by atoms with Crippen molar-refractivity contribution in [2.24, 2.45) is 11.5 Å². The highest BCUT2D eigenvalue weighted by Gasteiger charge is 2.31. The lowest BCUT2D eigenvalue weighted by Crippen LogP contribution is -2.58. The molecule has 2 aromatic rings. The maximum Gasteiger partial charge on any atom is 0.354 e. The Bertz CT molecular complexity index is 1260. The van der Waals surface area contributed by atoms with Crippen molar-refractivity contribution in [3.63, 3.8) is 0 Å². The molecule has 0 radical (unpaired) electrons. The molecule has 2 aliphatic rings. The number of urea groups is 1. The number of carbonyl (C=O) groups excluding carboxylic acids is 2. The number of nitrogens with zero attached hydrogens (tertiary/aromatic N) is 4. The van der Waals surface area contributed by atoms with Crippen molar-refractivity contribution >= 4 is 17.8 Å². The third-order valence-electron chi connectivity index (χ3n) is 7.58. The van der Waals surface area contributed by atoms with Crippen LogP contribution in [0.3, 0.4) is 0 Å². The second kappa shape index (κ2) is 12.4. The highest BCUT2D eigenvalue weighted by molar-refractivity contribution is 5.89. The molecule has 3 amide bonds. The summed E-state index contributed by atoms with van der Waals surface area (Å²) in [5.41, 5.74) is 11.2. The molecule has 2 fully saturated rings. The topological polar surface area (TPSA) is 152 Å². The standard InChI is InChI=1S/C28H41FN8O3/c1-18(32-21-7-5-20(30)6-8-21)16-19-4-9-22(17-23(19)29)37-11-10-24(34-27(37)40)33-26(39)36-14-12-35(13-15-36)25(38)28(2,3)31/h4,9-11,17-18,20-21,32H,5-8,12-16,30-31H2,1-3H3,(H,33,34,39,40). The number of piperazine rings is 1. The lowest BCUT2D eigenvalue weighted by atomic mass is 9.91. The van der Waals surface area contributed by atoms with Gasteiger partial charge in [0.2, 0.25) is 5.91 Å². The minimum Gasteiger partial charge on any atom is -0.338 e. The third kappa shape index (κ3) is 7.43. The maximum atomic E-state index is 15.0. The first kappa shape index (κ1) is 29.6. The lowest BCUT2D eigenvalue weighted by molar-refractivity contribution is -0.137. The Hall–Kier alpha value is -3.35. The number of nitrogens with two attached hydrogens (primary N) is 2. The first-order valence-electron chi connectivity index (χ1n) is 13.9. The van der Waals surface area contributed by atoms with Gasteiger partial charge in [-0.15, -0.1) is 0 Å². The average molecular weight is 557 g/mol. The quantitative estimate of drug-likeness (QED) is 0.404. The Labute approximate surface area is 234 Å². The summed E-state index contributed by atoms with van der Waals surface area (Å²) in [5.74, 6) is -0.469. The molecule has 40 heavy (non-hydrogen) atoms. The largest absolute Gasteiger partial charge is 0.354 e. The molecule has 12 heteroatoms. The van der Waals surface area contributed by atoms with E-state index in [4.69, 9.17) is 11.5 Å². The molecule has 4 rings (SSSR count). The zero-order chi connectivity index (χ0) is 29.0. The van der Waals surface area contributed by atoms with Crippen molar-refractivity contribution < 1.29 is 14.0 Å². The van der Waals surface area contributed by atoms with Gasteiger partial charge in [-0.25, -0.2) is 14.0 Å². The summed E-state index contributed by atoms with van der Waals surface area (Å²) in [6, 6.07) is 6.56. The summed E-state index contributed by atoms with van der Waals surface area (Å²) in [7, 11) is 0. The van der Waals surface area contributed by atoms with Gasteiger partial charge >= 0.3 is 11.7 Å². The number of hydrogen-bond acceptors (Lipinski definition) is 7. The predicted octanol–water partition coefficient (Wildman–Crippen LogP) is 1.58.